The Morgan fingerprint density at radius 2 is 2.06 bits per heavy atom. The molecule has 0 fully saturated rings. The van der Waals surface area contributed by atoms with Crippen LogP contribution in [-0.4, -0.2) is 24.9 Å². The first-order valence-corrected chi connectivity index (χ1v) is 4.95. The van der Waals surface area contributed by atoms with Crippen LogP contribution < -0.4 is 5.73 Å². The number of nitrogens with two attached hydrogens (primary N) is 1. The van der Waals surface area contributed by atoms with Crippen LogP contribution in [0.4, 0.5) is 17.6 Å². The first kappa shape index (κ1) is 14.4. The molecule has 100 valence electrons. The van der Waals surface area contributed by atoms with Gasteiger partial charge in [0.1, 0.15) is 6.61 Å². The van der Waals surface area contributed by atoms with Crippen molar-refractivity contribution < 1.29 is 27.1 Å². The SMILES string of the molecule is NC(=O)c1cccc(COCC(F)(F)C(F)F)c1. The molecule has 0 spiro atoms. The Hall–Kier alpha value is -1.63. The Balaban J connectivity index is 2.54. The second kappa shape index (κ2) is 5.81. The number of ether oxygens (including phenoxy) is 1. The van der Waals surface area contributed by atoms with Gasteiger partial charge in [-0.1, -0.05) is 12.1 Å². The normalized spacial score (nSPS) is 11.8. The van der Waals surface area contributed by atoms with E-state index in [4.69, 9.17) is 5.73 Å². The van der Waals surface area contributed by atoms with E-state index in [0.717, 1.165) is 0 Å². The van der Waals surface area contributed by atoms with Crippen LogP contribution in [0.3, 0.4) is 0 Å². The first-order valence-electron chi connectivity index (χ1n) is 4.95. The van der Waals surface area contributed by atoms with Gasteiger partial charge in [-0.2, -0.15) is 8.78 Å². The fourth-order valence-corrected chi connectivity index (χ4v) is 1.18. The van der Waals surface area contributed by atoms with E-state index in [-0.39, 0.29) is 12.2 Å². The zero-order chi connectivity index (χ0) is 13.8. The number of hydrogen-bond acceptors (Lipinski definition) is 2. The van der Waals surface area contributed by atoms with Crippen molar-refractivity contribution in [3.8, 4) is 0 Å². The van der Waals surface area contributed by atoms with Crippen LogP contribution in [0, 0.1) is 0 Å². The molecule has 0 saturated heterocycles. The van der Waals surface area contributed by atoms with Crippen molar-refractivity contribution in [1.82, 2.24) is 0 Å². The maximum atomic E-state index is 12.5. The molecule has 0 saturated carbocycles. The van der Waals surface area contributed by atoms with Gasteiger partial charge < -0.3 is 10.5 Å². The van der Waals surface area contributed by atoms with Gasteiger partial charge in [0.2, 0.25) is 5.91 Å². The van der Waals surface area contributed by atoms with Gasteiger partial charge in [-0.05, 0) is 17.7 Å². The molecule has 0 unspecified atom stereocenters. The van der Waals surface area contributed by atoms with Crippen LogP contribution in [-0.2, 0) is 11.3 Å². The van der Waals surface area contributed by atoms with Gasteiger partial charge in [-0.3, -0.25) is 4.79 Å². The van der Waals surface area contributed by atoms with E-state index in [1.54, 1.807) is 0 Å². The van der Waals surface area contributed by atoms with Gasteiger partial charge in [0.25, 0.3) is 0 Å². The standard InChI is InChI=1S/C11H11F4NO2/c12-10(13)11(14,15)6-18-5-7-2-1-3-8(4-7)9(16)17/h1-4,10H,5-6H2,(H2,16,17). The molecule has 1 aromatic carbocycles. The molecular weight excluding hydrogens is 254 g/mol. The summed E-state index contributed by atoms with van der Waals surface area (Å²) < 4.78 is 53.1. The maximum absolute atomic E-state index is 12.5. The van der Waals surface area contributed by atoms with E-state index in [0.29, 0.717) is 5.56 Å². The van der Waals surface area contributed by atoms with E-state index in [2.05, 4.69) is 4.74 Å². The van der Waals surface area contributed by atoms with Crippen LogP contribution >= 0.6 is 0 Å². The molecular formula is C11H11F4NO2. The third kappa shape index (κ3) is 3.99. The molecule has 0 bridgehead atoms. The summed E-state index contributed by atoms with van der Waals surface area (Å²) in [4.78, 5) is 10.8. The summed E-state index contributed by atoms with van der Waals surface area (Å²) in [7, 11) is 0. The number of alkyl halides is 4. The van der Waals surface area contributed by atoms with Crippen molar-refractivity contribution >= 4 is 5.91 Å². The predicted octanol–water partition coefficient (Wildman–Crippen LogP) is 2.20. The van der Waals surface area contributed by atoms with Crippen LogP contribution in [0.1, 0.15) is 15.9 Å². The Morgan fingerprint density at radius 1 is 1.39 bits per heavy atom. The van der Waals surface area contributed by atoms with Crippen molar-refractivity contribution in [2.45, 2.75) is 19.0 Å². The lowest BCUT2D eigenvalue weighted by Crippen LogP contribution is -2.32. The number of carbonyl (C=O) groups excluding carboxylic acids is 1. The van der Waals surface area contributed by atoms with Crippen molar-refractivity contribution in [2.24, 2.45) is 5.73 Å². The number of rotatable bonds is 6. The summed E-state index contributed by atoms with van der Waals surface area (Å²) in [5, 5.41) is 0. The highest BCUT2D eigenvalue weighted by Crippen LogP contribution is 2.23. The highest BCUT2D eigenvalue weighted by molar-refractivity contribution is 5.92. The third-order valence-electron chi connectivity index (χ3n) is 2.09. The number of benzene rings is 1. The minimum absolute atomic E-state index is 0.191. The quantitative estimate of drug-likeness (QED) is 0.802. The molecule has 0 aliphatic heterocycles. The molecule has 1 rings (SSSR count). The number of amides is 1. The number of halogens is 4. The van der Waals surface area contributed by atoms with E-state index in [1.165, 1.54) is 24.3 Å². The van der Waals surface area contributed by atoms with Crippen LogP contribution in [0.15, 0.2) is 24.3 Å². The van der Waals surface area contributed by atoms with Crippen molar-refractivity contribution in [3.05, 3.63) is 35.4 Å². The highest BCUT2D eigenvalue weighted by Gasteiger charge is 2.40. The zero-order valence-electron chi connectivity index (χ0n) is 9.21. The van der Waals surface area contributed by atoms with Crippen molar-refractivity contribution in [1.29, 1.82) is 0 Å². The molecule has 18 heavy (non-hydrogen) atoms. The Kier molecular flexibility index (Phi) is 4.66. The van der Waals surface area contributed by atoms with E-state index >= 15 is 0 Å². The smallest absolute Gasteiger partial charge is 0.330 e. The monoisotopic (exact) mass is 265 g/mol. The van der Waals surface area contributed by atoms with E-state index in [9.17, 15) is 22.4 Å². The molecule has 2 N–H and O–H groups in total. The molecule has 3 nitrogen and oxygen atoms in total. The maximum Gasteiger partial charge on any atom is 0.330 e. The Labute approximate surface area is 101 Å². The van der Waals surface area contributed by atoms with Gasteiger partial charge >= 0.3 is 12.3 Å². The minimum atomic E-state index is -4.18. The molecule has 0 radical (unpaired) electrons. The largest absolute Gasteiger partial charge is 0.370 e. The molecule has 1 amide bonds. The summed E-state index contributed by atoms with van der Waals surface area (Å²) in [6.45, 7) is -1.69. The van der Waals surface area contributed by atoms with Crippen LogP contribution in [0.5, 0.6) is 0 Å². The summed E-state index contributed by atoms with van der Waals surface area (Å²) in [6, 6.07) is 5.79. The fraction of sp³-hybridized carbons (Fsp3) is 0.364. The fourth-order valence-electron chi connectivity index (χ4n) is 1.18. The molecule has 7 heteroatoms. The van der Waals surface area contributed by atoms with Gasteiger partial charge in [0.15, 0.2) is 0 Å². The van der Waals surface area contributed by atoms with Gasteiger partial charge in [-0.25, -0.2) is 8.78 Å². The molecule has 0 aliphatic carbocycles. The number of carbonyl (C=O) groups is 1. The second-order valence-corrected chi connectivity index (χ2v) is 3.62. The second-order valence-electron chi connectivity index (χ2n) is 3.62. The molecule has 0 atom stereocenters. The highest BCUT2D eigenvalue weighted by atomic mass is 19.3. The average Bonchev–Trinajstić information content (AvgIpc) is 2.29. The summed E-state index contributed by atoms with van der Waals surface area (Å²) >= 11 is 0. The molecule has 1 aromatic rings. The summed E-state index contributed by atoms with van der Waals surface area (Å²) in [6.07, 6.45) is -3.77. The molecule has 0 heterocycles. The van der Waals surface area contributed by atoms with Crippen molar-refractivity contribution in [2.75, 3.05) is 6.61 Å². The number of hydrogen-bond donors (Lipinski definition) is 1. The van der Waals surface area contributed by atoms with Gasteiger partial charge in [0, 0.05) is 5.56 Å². The van der Waals surface area contributed by atoms with E-state index < -0.39 is 24.9 Å². The zero-order valence-corrected chi connectivity index (χ0v) is 9.21. The van der Waals surface area contributed by atoms with Crippen LogP contribution in [0.2, 0.25) is 0 Å². The topological polar surface area (TPSA) is 52.3 Å². The minimum Gasteiger partial charge on any atom is -0.370 e. The van der Waals surface area contributed by atoms with Gasteiger partial charge in [0.05, 0.1) is 6.61 Å². The summed E-state index contributed by atoms with van der Waals surface area (Å²) in [5.74, 6) is -4.85. The molecule has 0 aromatic heterocycles. The van der Waals surface area contributed by atoms with Crippen LogP contribution in [0.25, 0.3) is 0 Å². The Morgan fingerprint density at radius 3 is 2.61 bits per heavy atom. The summed E-state index contributed by atoms with van der Waals surface area (Å²) in [5.41, 5.74) is 5.61. The van der Waals surface area contributed by atoms with Gasteiger partial charge in [-0.15, -0.1) is 0 Å². The molecule has 0 aliphatic rings. The van der Waals surface area contributed by atoms with E-state index in [1.807, 2.05) is 0 Å². The average molecular weight is 265 g/mol. The number of primary amides is 1. The lowest BCUT2D eigenvalue weighted by Gasteiger charge is -2.15. The first-order chi connectivity index (χ1) is 8.33. The van der Waals surface area contributed by atoms with Crippen molar-refractivity contribution in [3.63, 3.8) is 0 Å². The Bertz CT molecular complexity index is 423. The predicted molar refractivity (Wildman–Crippen MR) is 55.6 cm³/mol. The third-order valence-corrected chi connectivity index (χ3v) is 2.09. The lowest BCUT2D eigenvalue weighted by molar-refractivity contribution is -0.168. The lowest BCUT2D eigenvalue weighted by atomic mass is 10.1.